The highest BCUT2D eigenvalue weighted by Crippen LogP contribution is 1.99. The number of aromatic nitrogens is 3. The molecule has 2 rings (SSSR count). The summed E-state index contributed by atoms with van der Waals surface area (Å²) in [5.74, 6) is 0. The quantitative estimate of drug-likeness (QED) is 0.825. The van der Waals surface area contributed by atoms with Gasteiger partial charge in [-0.05, 0) is 18.6 Å². The van der Waals surface area contributed by atoms with Crippen molar-refractivity contribution >= 4 is 0 Å². The van der Waals surface area contributed by atoms with Gasteiger partial charge in [0.05, 0.1) is 6.20 Å². The molecule has 1 N–H and O–H groups in total. The van der Waals surface area contributed by atoms with Crippen LogP contribution in [-0.4, -0.2) is 14.8 Å². The second-order valence-corrected chi connectivity index (χ2v) is 3.67. The first-order chi connectivity index (χ1) is 7.88. The third kappa shape index (κ3) is 2.90. The zero-order valence-electron chi connectivity index (χ0n) is 9.43. The van der Waals surface area contributed by atoms with Crippen molar-refractivity contribution in [3.8, 4) is 0 Å². The van der Waals surface area contributed by atoms with Crippen LogP contribution in [0.1, 0.15) is 18.1 Å². The summed E-state index contributed by atoms with van der Waals surface area (Å²) >= 11 is 0. The topological polar surface area (TPSA) is 42.7 Å². The average Bonchev–Trinajstić information content (AvgIpc) is 2.78. The van der Waals surface area contributed by atoms with E-state index in [0.717, 1.165) is 19.6 Å². The molecule has 0 aliphatic rings. The molecule has 0 aliphatic carbocycles. The monoisotopic (exact) mass is 216 g/mol. The van der Waals surface area contributed by atoms with Crippen molar-refractivity contribution in [2.45, 2.75) is 26.6 Å². The zero-order valence-corrected chi connectivity index (χ0v) is 9.43. The molecule has 0 aromatic carbocycles. The van der Waals surface area contributed by atoms with Crippen molar-refractivity contribution in [3.05, 3.63) is 48.0 Å². The van der Waals surface area contributed by atoms with Crippen LogP contribution in [0.25, 0.3) is 0 Å². The van der Waals surface area contributed by atoms with E-state index in [1.54, 1.807) is 6.20 Å². The van der Waals surface area contributed by atoms with Crippen LogP contribution in [0.2, 0.25) is 0 Å². The number of nitrogens with zero attached hydrogens (tertiary/aromatic N) is 3. The lowest BCUT2D eigenvalue weighted by atomic mass is 10.3. The summed E-state index contributed by atoms with van der Waals surface area (Å²) < 4.78 is 1.93. The highest BCUT2D eigenvalue weighted by Gasteiger charge is 1.97. The summed E-state index contributed by atoms with van der Waals surface area (Å²) in [6.07, 6.45) is 7.63. The van der Waals surface area contributed by atoms with Crippen LogP contribution >= 0.6 is 0 Å². The Hall–Kier alpha value is -1.68. The van der Waals surface area contributed by atoms with Gasteiger partial charge in [-0.1, -0.05) is 6.07 Å². The van der Waals surface area contributed by atoms with Crippen LogP contribution in [0.5, 0.6) is 0 Å². The smallest absolute Gasteiger partial charge is 0.0534 e. The number of pyridine rings is 1. The minimum Gasteiger partial charge on any atom is -0.308 e. The molecule has 0 saturated carbocycles. The second kappa shape index (κ2) is 5.42. The fraction of sp³-hybridized carbons (Fsp3) is 0.333. The molecule has 0 bridgehead atoms. The Balaban J connectivity index is 1.80. The van der Waals surface area contributed by atoms with Crippen molar-refractivity contribution in [2.75, 3.05) is 0 Å². The third-order valence-electron chi connectivity index (χ3n) is 2.39. The summed E-state index contributed by atoms with van der Waals surface area (Å²) in [5.41, 5.74) is 2.41. The Bertz CT molecular complexity index is 422. The van der Waals surface area contributed by atoms with Crippen LogP contribution < -0.4 is 5.32 Å². The van der Waals surface area contributed by atoms with Gasteiger partial charge in [-0.2, -0.15) is 5.10 Å². The van der Waals surface area contributed by atoms with Gasteiger partial charge >= 0.3 is 0 Å². The van der Waals surface area contributed by atoms with E-state index in [4.69, 9.17) is 0 Å². The van der Waals surface area contributed by atoms with Gasteiger partial charge in [-0.3, -0.25) is 9.67 Å². The molecule has 0 radical (unpaired) electrons. The first kappa shape index (κ1) is 10.8. The second-order valence-electron chi connectivity index (χ2n) is 3.67. The highest BCUT2D eigenvalue weighted by molar-refractivity contribution is 5.09. The maximum atomic E-state index is 4.22. The Morgan fingerprint density at radius 1 is 1.25 bits per heavy atom. The van der Waals surface area contributed by atoms with E-state index < -0.39 is 0 Å². The third-order valence-corrected chi connectivity index (χ3v) is 2.39. The maximum absolute atomic E-state index is 4.22. The maximum Gasteiger partial charge on any atom is 0.0534 e. The van der Waals surface area contributed by atoms with Gasteiger partial charge in [0.25, 0.3) is 0 Å². The van der Waals surface area contributed by atoms with Crippen LogP contribution in [-0.2, 0) is 19.6 Å². The molecular weight excluding hydrogens is 200 g/mol. The molecule has 16 heavy (non-hydrogen) atoms. The first-order valence-electron chi connectivity index (χ1n) is 5.49. The Kier molecular flexibility index (Phi) is 3.66. The lowest BCUT2D eigenvalue weighted by molar-refractivity contribution is 0.655. The molecule has 0 spiro atoms. The van der Waals surface area contributed by atoms with E-state index in [2.05, 4.69) is 34.6 Å². The van der Waals surface area contributed by atoms with E-state index in [1.165, 1.54) is 11.1 Å². The molecule has 0 saturated heterocycles. The van der Waals surface area contributed by atoms with Crippen LogP contribution in [0, 0.1) is 0 Å². The zero-order chi connectivity index (χ0) is 11.2. The fourth-order valence-corrected chi connectivity index (χ4v) is 1.52. The van der Waals surface area contributed by atoms with Gasteiger partial charge in [0.15, 0.2) is 0 Å². The van der Waals surface area contributed by atoms with Gasteiger partial charge < -0.3 is 5.32 Å². The number of nitrogens with one attached hydrogen (secondary N) is 1. The van der Waals surface area contributed by atoms with Crippen LogP contribution in [0.3, 0.4) is 0 Å². The van der Waals surface area contributed by atoms with Gasteiger partial charge in [0.1, 0.15) is 0 Å². The SMILES string of the molecule is CCn1cc(CNCc2cccnc2)cn1. The molecule has 4 heteroatoms. The lowest BCUT2D eigenvalue weighted by Gasteiger charge is -2.02. The van der Waals surface area contributed by atoms with E-state index in [-0.39, 0.29) is 0 Å². The van der Waals surface area contributed by atoms with Gasteiger partial charge in [0.2, 0.25) is 0 Å². The predicted octanol–water partition coefficient (Wildman–Crippen LogP) is 1.59. The number of rotatable bonds is 5. The largest absolute Gasteiger partial charge is 0.308 e. The normalized spacial score (nSPS) is 10.6. The number of hydrogen-bond donors (Lipinski definition) is 1. The molecule has 0 atom stereocenters. The van der Waals surface area contributed by atoms with Crippen molar-refractivity contribution < 1.29 is 0 Å². The average molecular weight is 216 g/mol. The van der Waals surface area contributed by atoms with E-state index in [9.17, 15) is 0 Å². The molecule has 0 unspecified atom stereocenters. The lowest BCUT2D eigenvalue weighted by Crippen LogP contribution is -2.12. The molecule has 0 aliphatic heterocycles. The minimum absolute atomic E-state index is 0.838. The van der Waals surface area contributed by atoms with Crippen molar-refractivity contribution in [2.24, 2.45) is 0 Å². The van der Waals surface area contributed by atoms with Gasteiger partial charge in [-0.15, -0.1) is 0 Å². The number of aryl methyl sites for hydroxylation is 1. The molecule has 0 amide bonds. The Morgan fingerprint density at radius 2 is 2.12 bits per heavy atom. The van der Waals surface area contributed by atoms with E-state index in [0.29, 0.717) is 0 Å². The summed E-state index contributed by atoms with van der Waals surface area (Å²) in [6.45, 7) is 4.68. The predicted molar refractivity (Wildman–Crippen MR) is 62.7 cm³/mol. The van der Waals surface area contributed by atoms with E-state index in [1.807, 2.05) is 23.1 Å². The van der Waals surface area contributed by atoms with Crippen molar-refractivity contribution in [1.29, 1.82) is 0 Å². The summed E-state index contributed by atoms with van der Waals surface area (Å²) in [4.78, 5) is 4.07. The standard InChI is InChI=1S/C12H16N4/c1-2-16-10-12(9-15-16)8-14-7-11-4-3-5-13-6-11/h3-6,9-10,14H,2,7-8H2,1H3. The molecule has 84 valence electrons. The first-order valence-corrected chi connectivity index (χ1v) is 5.49. The van der Waals surface area contributed by atoms with Crippen LogP contribution in [0.15, 0.2) is 36.9 Å². The van der Waals surface area contributed by atoms with Gasteiger partial charge in [0, 0.05) is 43.8 Å². The molecule has 2 heterocycles. The molecular formula is C12H16N4. The molecule has 2 aromatic rings. The fourth-order valence-electron chi connectivity index (χ4n) is 1.52. The van der Waals surface area contributed by atoms with Crippen LogP contribution in [0.4, 0.5) is 0 Å². The van der Waals surface area contributed by atoms with Crippen molar-refractivity contribution in [3.63, 3.8) is 0 Å². The summed E-state index contributed by atoms with van der Waals surface area (Å²) in [6, 6.07) is 4.02. The minimum atomic E-state index is 0.838. The van der Waals surface area contributed by atoms with Gasteiger partial charge in [-0.25, -0.2) is 0 Å². The summed E-state index contributed by atoms with van der Waals surface area (Å²) in [5, 5.41) is 7.59. The highest BCUT2D eigenvalue weighted by atomic mass is 15.3. The Morgan fingerprint density at radius 3 is 2.81 bits per heavy atom. The Labute approximate surface area is 95.3 Å². The van der Waals surface area contributed by atoms with Crippen molar-refractivity contribution in [1.82, 2.24) is 20.1 Å². The molecule has 4 nitrogen and oxygen atoms in total. The molecule has 0 fully saturated rings. The number of hydrogen-bond acceptors (Lipinski definition) is 3. The van der Waals surface area contributed by atoms with E-state index >= 15 is 0 Å². The molecule has 2 aromatic heterocycles. The summed E-state index contributed by atoms with van der Waals surface area (Å²) in [7, 11) is 0.